The van der Waals surface area contributed by atoms with Crippen molar-refractivity contribution in [2.45, 2.75) is 19.9 Å². The molecule has 0 saturated carbocycles. The number of non-ortho nitro benzene ring substituents is 1. The number of hydrogen-bond acceptors (Lipinski definition) is 5. The zero-order valence-corrected chi connectivity index (χ0v) is 14.5. The quantitative estimate of drug-likeness (QED) is 0.571. The molecular weight excluding hydrogens is 346 g/mol. The molecule has 0 aliphatic rings. The molecule has 2 rings (SSSR count). The van der Waals surface area contributed by atoms with Crippen molar-refractivity contribution in [2.75, 3.05) is 17.2 Å². The van der Waals surface area contributed by atoms with Crippen LogP contribution in [-0.2, 0) is 4.79 Å². The maximum absolute atomic E-state index is 12.3. The maximum Gasteiger partial charge on any atom is 0.271 e. The fourth-order valence-corrected chi connectivity index (χ4v) is 2.26. The molecule has 0 bridgehead atoms. The van der Waals surface area contributed by atoms with Crippen molar-refractivity contribution in [3.63, 3.8) is 0 Å². The van der Waals surface area contributed by atoms with Crippen molar-refractivity contribution in [1.82, 2.24) is 0 Å². The first kappa shape index (κ1) is 18.5. The highest BCUT2D eigenvalue weighted by Gasteiger charge is 2.16. The Kier molecular flexibility index (Phi) is 6.19. The van der Waals surface area contributed by atoms with Crippen LogP contribution in [0.5, 0.6) is 5.75 Å². The Labute approximate surface area is 150 Å². The fraction of sp³-hybridized carbons (Fsp3) is 0.235. The van der Waals surface area contributed by atoms with E-state index >= 15 is 0 Å². The average molecular weight is 364 g/mol. The van der Waals surface area contributed by atoms with E-state index < -0.39 is 11.0 Å². The monoisotopic (exact) mass is 363 g/mol. The van der Waals surface area contributed by atoms with Gasteiger partial charge in [0.2, 0.25) is 5.91 Å². The van der Waals surface area contributed by atoms with E-state index in [0.29, 0.717) is 6.61 Å². The number of carbonyl (C=O) groups excluding carboxylic acids is 1. The summed E-state index contributed by atoms with van der Waals surface area (Å²) in [5.74, 6) is 0.379. The van der Waals surface area contributed by atoms with Gasteiger partial charge in [-0.05, 0) is 44.2 Å². The summed E-state index contributed by atoms with van der Waals surface area (Å²) in [5.41, 5.74) is 0.796. The smallest absolute Gasteiger partial charge is 0.271 e. The van der Waals surface area contributed by atoms with Gasteiger partial charge < -0.3 is 15.4 Å². The number of nitrogens with one attached hydrogen (secondary N) is 2. The number of nitrogens with zero attached hydrogens (tertiary/aromatic N) is 1. The van der Waals surface area contributed by atoms with Crippen LogP contribution in [0.1, 0.15) is 13.8 Å². The highest BCUT2D eigenvalue weighted by molar-refractivity contribution is 6.33. The van der Waals surface area contributed by atoms with Crippen LogP contribution in [0, 0.1) is 10.1 Å². The summed E-state index contributed by atoms with van der Waals surface area (Å²) in [5, 5.41) is 16.7. The van der Waals surface area contributed by atoms with Gasteiger partial charge in [-0.15, -0.1) is 0 Å². The van der Waals surface area contributed by atoms with Crippen molar-refractivity contribution < 1.29 is 14.5 Å². The third-order valence-corrected chi connectivity index (χ3v) is 3.69. The van der Waals surface area contributed by atoms with Gasteiger partial charge in [-0.1, -0.05) is 11.6 Å². The molecule has 2 aromatic carbocycles. The van der Waals surface area contributed by atoms with E-state index in [0.717, 1.165) is 11.4 Å². The third kappa shape index (κ3) is 5.09. The van der Waals surface area contributed by atoms with E-state index in [9.17, 15) is 14.9 Å². The van der Waals surface area contributed by atoms with Crippen molar-refractivity contribution in [2.24, 2.45) is 0 Å². The van der Waals surface area contributed by atoms with Crippen molar-refractivity contribution >= 4 is 34.6 Å². The summed E-state index contributed by atoms with van der Waals surface area (Å²) in [4.78, 5) is 22.6. The second-order valence-electron chi connectivity index (χ2n) is 5.23. The Bertz CT molecular complexity index is 765. The molecule has 0 radical (unpaired) electrons. The first-order valence-corrected chi connectivity index (χ1v) is 8.02. The van der Waals surface area contributed by atoms with Gasteiger partial charge in [0.05, 0.1) is 22.2 Å². The first-order valence-electron chi connectivity index (χ1n) is 7.65. The summed E-state index contributed by atoms with van der Waals surface area (Å²) in [6.45, 7) is 4.16. The molecule has 0 aliphatic heterocycles. The molecule has 7 nitrogen and oxygen atoms in total. The SMILES string of the molecule is CCOc1ccc(N[C@@H](C)C(=O)Nc2cc([N+](=O)[O-])ccc2Cl)cc1. The Hall–Kier alpha value is -2.80. The molecular formula is C17H18ClN3O4. The van der Waals surface area contributed by atoms with Gasteiger partial charge in [-0.25, -0.2) is 0 Å². The molecule has 0 aromatic heterocycles. The number of nitro benzene ring substituents is 1. The van der Waals surface area contributed by atoms with Crippen LogP contribution in [0.25, 0.3) is 0 Å². The molecule has 0 saturated heterocycles. The standard InChI is InChI=1S/C17H18ClN3O4/c1-3-25-14-7-4-12(5-8-14)19-11(2)17(22)20-16-10-13(21(23)24)6-9-15(16)18/h4-11,19H,3H2,1-2H3,(H,20,22)/t11-/m0/s1. The van der Waals surface area contributed by atoms with Crippen LogP contribution in [0.3, 0.4) is 0 Å². The predicted molar refractivity (Wildman–Crippen MR) is 97.4 cm³/mol. The fourth-order valence-electron chi connectivity index (χ4n) is 2.09. The van der Waals surface area contributed by atoms with E-state index in [-0.39, 0.29) is 22.3 Å². The second-order valence-corrected chi connectivity index (χ2v) is 5.64. The number of rotatable bonds is 7. The summed E-state index contributed by atoms with van der Waals surface area (Å²) in [6, 6.07) is 10.5. The third-order valence-electron chi connectivity index (χ3n) is 3.36. The van der Waals surface area contributed by atoms with Crippen molar-refractivity contribution in [1.29, 1.82) is 0 Å². The highest BCUT2D eigenvalue weighted by Crippen LogP contribution is 2.27. The molecule has 132 valence electrons. The number of hydrogen-bond donors (Lipinski definition) is 2. The summed E-state index contributed by atoms with van der Waals surface area (Å²) in [7, 11) is 0. The molecule has 1 amide bonds. The van der Waals surface area contributed by atoms with E-state index in [2.05, 4.69) is 10.6 Å². The topological polar surface area (TPSA) is 93.5 Å². The van der Waals surface area contributed by atoms with Crippen LogP contribution in [0.4, 0.5) is 17.1 Å². The minimum absolute atomic E-state index is 0.146. The molecule has 25 heavy (non-hydrogen) atoms. The lowest BCUT2D eigenvalue weighted by atomic mass is 10.2. The minimum Gasteiger partial charge on any atom is -0.494 e. The predicted octanol–water partition coefficient (Wildman–Crippen LogP) is 4.09. The van der Waals surface area contributed by atoms with Gasteiger partial charge in [0.15, 0.2) is 0 Å². The Morgan fingerprint density at radius 2 is 1.96 bits per heavy atom. The van der Waals surface area contributed by atoms with Crippen LogP contribution >= 0.6 is 11.6 Å². The summed E-state index contributed by atoms with van der Waals surface area (Å²) < 4.78 is 5.36. The van der Waals surface area contributed by atoms with Crippen LogP contribution in [-0.4, -0.2) is 23.5 Å². The lowest BCUT2D eigenvalue weighted by Crippen LogP contribution is -2.31. The van der Waals surface area contributed by atoms with E-state index in [4.69, 9.17) is 16.3 Å². The number of anilines is 2. The molecule has 0 spiro atoms. The minimum atomic E-state index is -0.576. The number of halogens is 1. The highest BCUT2D eigenvalue weighted by atomic mass is 35.5. The lowest BCUT2D eigenvalue weighted by Gasteiger charge is -2.16. The van der Waals surface area contributed by atoms with Crippen LogP contribution in [0.2, 0.25) is 5.02 Å². The van der Waals surface area contributed by atoms with Crippen LogP contribution in [0.15, 0.2) is 42.5 Å². The zero-order chi connectivity index (χ0) is 18.4. The van der Waals surface area contributed by atoms with Gasteiger partial charge in [-0.3, -0.25) is 14.9 Å². The van der Waals surface area contributed by atoms with Gasteiger partial charge >= 0.3 is 0 Å². The van der Waals surface area contributed by atoms with Gasteiger partial charge in [0.1, 0.15) is 11.8 Å². The largest absolute Gasteiger partial charge is 0.494 e. The number of ether oxygens (including phenoxy) is 1. The van der Waals surface area contributed by atoms with Crippen LogP contribution < -0.4 is 15.4 Å². The Morgan fingerprint density at radius 3 is 2.56 bits per heavy atom. The maximum atomic E-state index is 12.3. The number of carbonyl (C=O) groups is 1. The summed E-state index contributed by atoms with van der Waals surface area (Å²) in [6.07, 6.45) is 0. The molecule has 0 aliphatic carbocycles. The number of nitro groups is 1. The summed E-state index contributed by atoms with van der Waals surface area (Å²) >= 11 is 5.99. The molecule has 0 heterocycles. The molecule has 0 unspecified atom stereocenters. The number of amides is 1. The van der Waals surface area contributed by atoms with E-state index in [1.165, 1.54) is 18.2 Å². The Morgan fingerprint density at radius 1 is 1.28 bits per heavy atom. The normalized spacial score (nSPS) is 11.5. The second kappa shape index (κ2) is 8.34. The van der Waals surface area contributed by atoms with E-state index in [1.54, 1.807) is 31.2 Å². The lowest BCUT2D eigenvalue weighted by molar-refractivity contribution is -0.384. The molecule has 0 fully saturated rings. The molecule has 2 N–H and O–H groups in total. The van der Waals surface area contributed by atoms with Crippen molar-refractivity contribution in [3.05, 3.63) is 57.6 Å². The van der Waals surface area contributed by atoms with Gasteiger partial charge in [0, 0.05) is 17.8 Å². The molecule has 1 atom stereocenters. The zero-order valence-electron chi connectivity index (χ0n) is 13.8. The Balaban J connectivity index is 2.02. The first-order chi connectivity index (χ1) is 11.9. The number of benzene rings is 2. The van der Waals surface area contributed by atoms with Crippen molar-refractivity contribution in [3.8, 4) is 5.75 Å². The molecule has 8 heteroatoms. The van der Waals surface area contributed by atoms with Gasteiger partial charge in [-0.2, -0.15) is 0 Å². The van der Waals surface area contributed by atoms with Gasteiger partial charge in [0.25, 0.3) is 5.69 Å². The average Bonchev–Trinajstić information content (AvgIpc) is 2.58. The van der Waals surface area contributed by atoms with E-state index in [1.807, 2.05) is 6.92 Å². The molecule has 2 aromatic rings.